The second kappa shape index (κ2) is 9.96. The van der Waals surface area contributed by atoms with Gasteiger partial charge in [-0.15, -0.1) is 0 Å². The van der Waals surface area contributed by atoms with E-state index >= 15 is 0 Å². The number of hydrogen-bond donors (Lipinski definition) is 2. The number of halogens is 2. The second-order valence-electron chi connectivity index (χ2n) is 7.02. The molecule has 1 atom stereocenters. The Morgan fingerprint density at radius 2 is 2.00 bits per heavy atom. The molecular formula is C21H24Cl2N4O2. The summed E-state index contributed by atoms with van der Waals surface area (Å²) in [7, 11) is 1.59. The predicted octanol–water partition coefficient (Wildman–Crippen LogP) is 4.80. The largest absolute Gasteiger partial charge is 0.497 e. The van der Waals surface area contributed by atoms with Crippen molar-refractivity contribution in [1.82, 2.24) is 4.90 Å². The molecular weight excluding hydrogens is 411 g/mol. The highest BCUT2D eigenvalue weighted by Crippen LogP contribution is 2.25. The van der Waals surface area contributed by atoms with Crippen molar-refractivity contribution in [2.75, 3.05) is 25.5 Å². The first-order chi connectivity index (χ1) is 13.9. The molecule has 1 fully saturated rings. The summed E-state index contributed by atoms with van der Waals surface area (Å²) in [4.78, 5) is 18.6. The summed E-state index contributed by atoms with van der Waals surface area (Å²) in [6.45, 7) is 2.45. The van der Waals surface area contributed by atoms with Gasteiger partial charge in [-0.3, -0.25) is 4.90 Å². The maximum absolute atomic E-state index is 12.2. The molecule has 2 aromatic carbocycles. The van der Waals surface area contributed by atoms with E-state index < -0.39 is 6.03 Å². The number of urea groups is 1. The van der Waals surface area contributed by atoms with Crippen molar-refractivity contribution < 1.29 is 9.53 Å². The SMILES string of the molecule is COc1ccc(NC(=O)/N=C(\N)C2CCCN(Cc3ccc(Cl)c(Cl)c3)C2)cc1. The molecule has 2 amide bonds. The molecule has 154 valence electrons. The molecule has 0 aliphatic carbocycles. The van der Waals surface area contributed by atoms with E-state index in [-0.39, 0.29) is 5.92 Å². The lowest BCUT2D eigenvalue weighted by molar-refractivity contribution is 0.196. The van der Waals surface area contributed by atoms with Crippen LogP contribution in [0.3, 0.4) is 0 Å². The molecule has 3 rings (SSSR count). The number of anilines is 1. The molecule has 1 aliphatic heterocycles. The highest BCUT2D eigenvalue weighted by atomic mass is 35.5. The molecule has 1 unspecified atom stereocenters. The highest BCUT2D eigenvalue weighted by molar-refractivity contribution is 6.42. The normalized spacial score (nSPS) is 17.8. The van der Waals surface area contributed by atoms with E-state index in [1.54, 1.807) is 37.4 Å². The van der Waals surface area contributed by atoms with Gasteiger partial charge < -0.3 is 15.8 Å². The Hall–Kier alpha value is -2.28. The summed E-state index contributed by atoms with van der Waals surface area (Å²) in [6.07, 6.45) is 1.89. The number of rotatable bonds is 5. The van der Waals surface area contributed by atoms with Gasteiger partial charge in [-0.1, -0.05) is 29.3 Å². The van der Waals surface area contributed by atoms with Gasteiger partial charge in [0.1, 0.15) is 11.6 Å². The Labute approximate surface area is 180 Å². The lowest BCUT2D eigenvalue weighted by Crippen LogP contribution is -2.41. The van der Waals surface area contributed by atoms with Gasteiger partial charge in [0.05, 0.1) is 17.2 Å². The minimum Gasteiger partial charge on any atom is -0.497 e. The summed E-state index contributed by atoms with van der Waals surface area (Å²) < 4.78 is 5.10. The van der Waals surface area contributed by atoms with Crippen LogP contribution in [0.2, 0.25) is 10.0 Å². The Morgan fingerprint density at radius 3 is 2.69 bits per heavy atom. The number of aliphatic imine (C=N–C) groups is 1. The molecule has 1 heterocycles. The van der Waals surface area contributed by atoms with Crippen molar-refractivity contribution in [2.45, 2.75) is 19.4 Å². The zero-order chi connectivity index (χ0) is 20.8. The first-order valence-corrected chi connectivity index (χ1v) is 10.2. The van der Waals surface area contributed by atoms with Crippen LogP contribution in [0.25, 0.3) is 0 Å². The van der Waals surface area contributed by atoms with Gasteiger partial charge >= 0.3 is 6.03 Å². The molecule has 1 aliphatic rings. The van der Waals surface area contributed by atoms with Crippen LogP contribution in [-0.2, 0) is 6.54 Å². The number of nitrogens with two attached hydrogens (primary N) is 1. The number of hydrogen-bond acceptors (Lipinski definition) is 3. The van der Waals surface area contributed by atoms with Gasteiger partial charge in [0.15, 0.2) is 0 Å². The van der Waals surface area contributed by atoms with E-state index in [0.29, 0.717) is 21.6 Å². The first kappa shape index (κ1) is 21.4. The molecule has 3 N–H and O–H groups in total. The number of nitrogens with zero attached hydrogens (tertiary/aromatic N) is 2. The van der Waals surface area contributed by atoms with E-state index in [9.17, 15) is 4.79 Å². The Bertz CT molecular complexity index is 887. The summed E-state index contributed by atoms with van der Waals surface area (Å²) in [6, 6.07) is 12.2. The molecule has 0 saturated carbocycles. The molecule has 1 saturated heterocycles. The number of piperidine rings is 1. The minimum atomic E-state index is -0.478. The van der Waals surface area contributed by atoms with Gasteiger partial charge in [0.2, 0.25) is 0 Å². The number of nitrogens with one attached hydrogen (secondary N) is 1. The van der Waals surface area contributed by atoms with Crippen molar-refractivity contribution in [3.8, 4) is 5.75 Å². The van der Waals surface area contributed by atoms with Crippen LogP contribution in [0.15, 0.2) is 47.5 Å². The van der Waals surface area contributed by atoms with Crippen molar-refractivity contribution in [2.24, 2.45) is 16.6 Å². The standard InChI is InChI=1S/C21H24Cl2N4O2/c1-29-17-7-5-16(6-8-17)25-21(28)26-20(24)15-3-2-10-27(13-15)12-14-4-9-18(22)19(23)11-14/h4-9,11,15H,2-3,10,12-13H2,1H3,(H3,24,25,26,28). The summed E-state index contributed by atoms with van der Waals surface area (Å²) in [5, 5.41) is 3.82. The molecule has 2 aromatic rings. The summed E-state index contributed by atoms with van der Waals surface area (Å²) in [5.74, 6) is 1.11. The minimum absolute atomic E-state index is 0.0353. The molecule has 29 heavy (non-hydrogen) atoms. The highest BCUT2D eigenvalue weighted by Gasteiger charge is 2.23. The summed E-state index contributed by atoms with van der Waals surface area (Å²) >= 11 is 12.1. The van der Waals surface area contributed by atoms with E-state index in [0.717, 1.165) is 43.8 Å². The fourth-order valence-corrected chi connectivity index (χ4v) is 3.69. The second-order valence-corrected chi connectivity index (χ2v) is 7.83. The van der Waals surface area contributed by atoms with Crippen molar-refractivity contribution in [1.29, 1.82) is 0 Å². The van der Waals surface area contributed by atoms with Crippen molar-refractivity contribution >= 4 is 40.8 Å². The fraction of sp³-hybridized carbons (Fsp3) is 0.333. The zero-order valence-electron chi connectivity index (χ0n) is 16.2. The molecule has 0 radical (unpaired) electrons. The number of benzene rings is 2. The molecule has 6 nitrogen and oxygen atoms in total. The maximum Gasteiger partial charge on any atom is 0.347 e. The lowest BCUT2D eigenvalue weighted by Gasteiger charge is -2.32. The van der Waals surface area contributed by atoms with E-state index in [2.05, 4.69) is 15.2 Å². The number of carbonyl (C=O) groups excluding carboxylic acids is 1. The number of carbonyl (C=O) groups is 1. The quantitative estimate of drug-likeness (QED) is 0.522. The third-order valence-corrected chi connectivity index (χ3v) is 5.62. The molecule has 0 aromatic heterocycles. The lowest BCUT2D eigenvalue weighted by atomic mass is 9.96. The average molecular weight is 435 g/mol. The smallest absolute Gasteiger partial charge is 0.347 e. The van der Waals surface area contributed by atoms with E-state index in [1.807, 2.05) is 12.1 Å². The van der Waals surface area contributed by atoms with Gasteiger partial charge in [-0.2, -0.15) is 4.99 Å². The number of likely N-dealkylation sites (tertiary alicyclic amines) is 1. The van der Waals surface area contributed by atoms with Gasteiger partial charge in [0.25, 0.3) is 0 Å². The number of ether oxygens (including phenoxy) is 1. The van der Waals surface area contributed by atoms with Gasteiger partial charge in [-0.05, 0) is 61.3 Å². The average Bonchev–Trinajstić information content (AvgIpc) is 2.71. The number of amidine groups is 1. The molecule has 0 spiro atoms. The Balaban J connectivity index is 1.58. The van der Waals surface area contributed by atoms with Crippen LogP contribution in [0, 0.1) is 5.92 Å². The summed E-state index contributed by atoms with van der Waals surface area (Å²) in [5.41, 5.74) is 7.88. The third kappa shape index (κ3) is 6.10. The van der Waals surface area contributed by atoms with Crippen molar-refractivity contribution in [3.63, 3.8) is 0 Å². The van der Waals surface area contributed by atoms with Crippen LogP contribution in [0.4, 0.5) is 10.5 Å². The predicted molar refractivity (Wildman–Crippen MR) is 118 cm³/mol. The molecule has 8 heteroatoms. The number of amides is 2. The van der Waals surface area contributed by atoms with Crippen molar-refractivity contribution in [3.05, 3.63) is 58.1 Å². The maximum atomic E-state index is 12.2. The van der Waals surface area contributed by atoms with Crippen LogP contribution >= 0.6 is 23.2 Å². The van der Waals surface area contributed by atoms with Crippen LogP contribution in [-0.4, -0.2) is 37.0 Å². The van der Waals surface area contributed by atoms with Gasteiger partial charge in [-0.25, -0.2) is 4.79 Å². The fourth-order valence-electron chi connectivity index (χ4n) is 3.37. The third-order valence-electron chi connectivity index (χ3n) is 4.89. The Kier molecular flexibility index (Phi) is 7.36. The topological polar surface area (TPSA) is 79.9 Å². The van der Waals surface area contributed by atoms with Crippen LogP contribution in [0.5, 0.6) is 5.75 Å². The Morgan fingerprint density at radius 1 is 1.24 bits per heavy atom. The van der Waals surface area contributed by atoms with Crippen LogP contribution < -0.4 is 15.8 Å². The zero-order valence-corrected chi connectivity index (χ0v) is 17.7. The number of methoxy groups -OCH3 is 1. The monoisotopic (exact) mass is 434 g/mol. The van der Waals surface area contributed by atoms with E-state index in [4.69, 9.17) is 33.7 Å². The molecule has 0 bridgehead atoms. The van der Waals surface area contributed by atoms with E-state index in [1.165, 1.54) is 0 Å². The first-order valence-electron chi connectivity index (χ1n) is 9.40. The van der Waals surface area contributed by atoms with Crippen LogP contribution in [0.1, 0.15) is 18.4 Å². The van der Waals surface area contributed by atoms with Gasteiger partial charge in [0, 0.05) is 24.7 Å².